The Hall–Kier alpha value is 0.581. The van der Waals surface area contributed by atoms with Crippen molar-refractivity contribution in [3.63, 3.8) is 0 Å². The van der Waals surface area contributed by atoms with E-state index in [0.717, 1.165) is 0 Å². The summed E-state index contributed by atoms with van der Waals surface area (Å²) in [6.07, 6.45) is 0. The van der Waals surface area contributed by atoms with Crippen molar-refractivity contribution in [3.05, 3.63) is 0 Å². The molecule has 0 heterocycles. The molecule has 0 unspecified atom stereocenters. The zero-order valence-corrected chi connectivity index (χ0v) is 6.90. The quantitative estimate of drug-likeness (QED) is 0.198. The predicted octanol–water partition coefficient (Wildman–Crippen LogP) is -3.77. The molecule has 3 N–H and O–H groups in total. The third-order valence-corrected chi connectivity index (χ3v) is 0. The molecule has 0 spiro atoms. The van der Waals surface area contributed by atoms with Crippen LogP contribution in [-0.4, -0.2) is 63.0 Å². The maximum Gasteiger partial charge on any atom is 2.00 e. The first-order valence-electron chi connectivity index (χ1n) is 1.44. The average Bonchev–Trinajstić information content (AvgIpc) is 1.19. The van der Waals surface area contributed by atoms with Crippen molar-refractivity contribution in [2.75, 3.05) is 0 Å². The van der Waals surface area contributed by atoms with Crippen LogP contribution in [0.1, 0.15) is 0 Å². The smallest absolute Gasteiger partial charge is 0.759 e. The first-order valence-corrected chi connectivity index (χ1v) is 2.77. The SMILES string of the molecule is O=S(=O)([O-])[O-].OB(O)O.[Mg+2]. The fourth-order valence-electron chi connectivity index (χ4n) is 0. The Balaban J connectivity index is -0.0000000910. The van der Waals surface area contributed by atoms with Crippen LogP contribution in [0.5, 0.6) is 0 Å². The Kier molecular flexibility index (Phi) is 13.0. The topological polar surface area (TPSA) is 141 Å². The standard InChI is InChI=1S/BH3O3.Mg.H2O4S/c2-1(3)4;;1-5(2,3)4/h2-4H;;(H2,1,2,3,4)/q;+2;/p-2. The molecular formula is H3BMgO7S. The van der Waals surface area contributed by atoms with E-state index in [-0.39, 0.29) is 23.1 Å². The van der Waals surface area contributed by atoms with Gasteiger partial charge in [0.15, 0.2) is 0 Å². The first kappa shape index (κ1) is 16.9. The Morgan fingerprint density at radius 1 is 1.10 bits per heavy atom. The molecule has 0 rings (SSSR count). The summed E-state index contributed by atoms with van der Waals surface area (Å²) in [4.78, 5) is 0. The largest absolute Gasteiger partial charge is 2.00 e. The molecule has 0 saturated carbocycles. The van der Waals surface area contributed by atoms with Crippen molar-refractivity contribution in [1.29, 1.82) is 0 Å². The molecule has 10 heavy (non-hydrogen) atoms. The van der Waals surface area contributed by atoms with Crippen molar-refractivity contribution in [2.45, 2.75) is 0 Å². The summed E-state index contributed by atoms with van der Waals surface area (Å²) >= 11 is 0. The molecule has 0 amide bonds. The van der Waals surface area contributed by atoms with Crippen molar-refractivity contribution < 1.29 is 32.6 Å². The Morgan fingerprint density at radius 3 is 1.10 bits per heavy atom. The second-order valence-corrected chi connectivity index (χ2v) is 1.57. The van der Waals surface area contributed by atoms with Gasteiger partial charge < -0.3 is 24.2 Å². The minimum absolute atomic E-state index is 0. The molecule has 0 aliphatic carbocycles. The predicted molar refractivity (Wildman–Crippen MR) is 28.6 cm³/mol. The van der Waals surface area contributed by atoms with Crippen molar-refractivity contribution in [1.82, 2.24) is 0 Å². The summed E-state index contributed by atoms with van der Waals surface area (Å²) in [6, 6.07) is 0. The van der Waals surface area contributed by atoms with Gasteiger partial charge in [-0.15, -0.1) is 0 Å². The second kappa shape index (κ2) is 7.69. The van der Waals surface area contributed by atoms with Crippen molar-refractivity contribution in [3.8, 4) is 0 Å². The van der Waals surface area contributed by atoms with Crippen LogP contribution in [0.15, 0.2) is 0 Å². The maximum atomic E-state index is 8.52. The van der Waals surface area contributed by atoms with Gasteiger partial charge in [0, 0.05) is 10.4 Å². The molecule has 0 atom stereocenters. The van der Waals surface area contributed by atoms with Gasteiger partial charge in [-0.05, 0) is 0 Å². The van der Waals surface area contributed by atoms with E-state index in [1.54, 1.807) is 0 Å². The number of rotatable bonds is 0. The third-order valence-electron chi connectivity index (χ3n) is 0. The summed E-state index contributed by atoms with van der Waals surface area (Å²) in [7, 11) is -7.33. The Bertz CT molecular complexity index is 125. The molecule has 0 aromatic heterocycles. The van der Waals surface area contributed by atoms with E-state index in [1.807, 2.05) is 0 Å². The zero-order valence-electron chi connectivity index (χ0n) is 4.67. The van der Waals surface area contributed by atoms with Gasteiger partial charge in [0.25, 0.3) is 0 Å². The van der Waals surface area contributed by atoms with E-state index in [9.17, 15) is 0 Å². The molecule has 0 aliphatic rings. The molecule has 0 fully saturated rings. The van der Waals surface area contributed by atoms with Crippen LogP contribution in [0.3, 0.4) is 0 Å². The van der Waals surface area contributed by atoms with E-state index < -0.39 is 17.7 Å². The van der Waals surface area contributed by atoms with Gasteiger partial charge in [-0.25, -0.2) is 0 Å². The molecule has 0 aliphatic heterocycles. The van der Waals surface area contributed by atoms with Gasteiger partial charge in [-0.1, -0.05) is 0 Å². The number of hydrogen-bond acceptors (Lipinski definition) is 7. The molecule has 0 saturated heterocycles. The van der Waals surface area contributed by atoms with E-state index in [0.29, 0.717) is 0 Å². The molecule has 56 valence electrons. The van der Waals surface area contributed by atoms with Gasteiger partial charge in [-0.3, -0.25) is 8.42 Å². The molecule has 0 aromatic rings. The Morgan fingerprint density at radius 2 is 1.10 bits per heavy atom. The van der Waals surface area contributed by atoms with Crippen molar-refractivity contribution >= 4 is 40.8 Å². The summed E-state index contributed by atoms with van der Waals surface area (Å²) in [5.41, 5.74) is 0. The minimum atomic E-state index is -5.17. The molecule has 0 bridgehead atoms. The summed E-state index contributed by atoms with van der Waals surface area (Å²) < 4.78 is 34.1. The summed E-state index contributed by atoms with van der Waals surface area (Å²) in [5, 5.41) is 21.5. The first-order chi connectivity index (χ1) is 3.73. The van der Waals surface area contributed by atoms with E-state index in [4.69, 9.17) is 32.6 Å². The molecule has 7 nitrogen and oxygen atoms in total. The van der Waals surface area contributed by atoms with Crippen molar-refractivity contribution in [2.24, 2.45) is 0 Å². The summed E-state index contributed by atoms with van der Waals surface area (Å²) in [6.45, 7) is 0. The summed E-state index contributed by atoms with van der Waals surface area (Å²) in [5.74, 6) is 0. The van der Waals surface area contributed by atoms with Gasteiger partial charge in [-0.2, -0.15) is 0 Å². The van der Waals surface area contributed by atoms with Gasteiger partial charge in [0.05, 0.1) is 0 Å². The van der Waals surface area contributed by atoms with E-state index in [1.165, 1.54) is 0 Å². The van der Waals surface area contributed by atoms with Crippen LogP contribution in [0.4, 0.5) is 0 Å². The second-order valence-electron chi connectivity index (χ2n) is 0.755. The van der Waals surface area contributed by atoms with Crippen LogP contribution in [-0.2, 0) is 10.4 Å². The van der Waals surface area contributed by atoms with Crippen LogP contribution >= 0.6 is 0 Å². The average molecular weight is 182 g/mol. The van der Waals surface area contributed by atoms with Gasteiger partial charge >= 0.3 is 30.4 Å². The van der Waals surface area contributed by atoms with Crippen LogP contribution < -0.4 is 0 Å². The van der Waals surface area contributed by atoms with Crippen LogP contribution in [0, 0.1) is 0 Å². The fraction of sp³-hybridized carbons (Fsp3) is 0. The molecule has 10 heteroatoms. The van der Waals surface area contributed by atoms with Gasteiger partial charge in [0.1, 0.15) is 0 Å². The van der Waals surface area contributed by atoms with E-state index in [2.05, 4.69) is 0 Å². The normalized spacial score (nSPS) is 8.50. The Labute approximate surface area is 73.6 Å². The fourth-order valence-corrected chi connectivity index (χ4v) is 0. The van der Waals surface area contributed by atoms with Gasteiger partial charge in [0.2, 0.25) is 0 Å². The zero-order chi connectivity index (χ0) is 8.08. The molecule has 0 aromatic carbocycles. The third kappa shape index (κ3) is 1460. The minimum Gasteiger partial charge on any atom is -0.759 e. The molecular weight excluding hydrogens is 179 g/mol. The van der Waals surface area contributed by atoms with E-state index >= 15 is 0 Å². The maximum absolute atomic E-state index is 8.52. The number of hydrogen-bond donors (Lipinski definition) is 3. The molecule has 0 radical (unpaired) electrons. The van der Waals surface area contributed by atoms with Crippen LogP contribution in [0.25, 0.3) is 0 Å². The van der Waals surface area contributed by atoms with Crippen LogP contribution in [0.2, 0.25) is 0 Å². The monoisotopic (exact) mass is 182 g/mol.